The Bertz CT molecular complexity index is 664. The predicted molar refractivity (Wildman–Crippen MR) is 87.6 cm³/mol. The number of hydrogen-bond donors (Lipinski definition) is 2. The van der Waals surface area contributed by atoms with E-state index in [1.807, 2.05) is 24.3 Å². The first-order valence-electron chi connectivity index (χ1n) is 6.49. The van der Waals surface area contributed by atoms with Gasteiger partial charge in [-0.3, -0.25) is 4.79 Å². The van der Waals surface area contributed by atoms with Gasteiger partial charge in [0.2, 0.25) is 0 Å². The number of nitrogens with two attached hydrogens (primary N) is 1. The Morgan fingerprint density at radius 1 is 1.35 bits per heavy atom. The zero-order valence-corrected chi connectivity index (χ0v) is 13.0. The van der Waals surface area contributed by atoms with Crippen molar-refractivity contribution in [3.05, 3.63) is 50.1 Å². The van der Waals surface area contributed by atoms with Gasteiger partial charge in [-0.25, -0.2) is 4.98 Å². The molecule has 3 N–H and O–H groups in total. The van der Waals surface area contributed by atoms with Gasteiger partial charge in [-0.15, -0.1) is 0 Å². The minimum Gasteiger partial charge on any atom is -0.399 e. The first kappa shape index (κ1) is 13.4. The number of hydrogen-bond acceptors (Lipinski definition) is 4. The van der Waals surface area contributed by atoms with Gasteiger partial charge in [-0.05, 0) is 53.1 Å². The molecule has 1 fully saturated rings. The van der Waals surface area contributed by atoms with Crippen molar-refractivity contribution in [1.82, 2.24) is 9.97 Å². The molecular weight excluding hydrogens is 367 g/mol. The van der Waals surface area contributed by atoms with E-state index in [2.05, 4.69) is 37.5 Å². The Balaban J connectivity index is 1.91. The van der Waals surface area contributed by atoms with Crippen molar-refractivity contribution in [2.75, 3.05) is 10.6 Å². The van der Waals surface area contributed by atoms with Crippen molar-refractivity contribution in [3.8, 4) is 0 Å². The van der Waals surface area contributed by atoms with Crippen LogP contribution in [0.5, 0.6) is 0 Å². The molecule has 0 spiro atoms. The summed E-state index contributed by atoms with van der Waals surface area (Å²) in [6, 6.07) is 8.32. The summed E-state index contributed by atoms with van der Waals surface area (Å²) in [5.41, 5.74) is 7.56. The van der Waals surface area contributed by atoms with E-state index in [-0.39, 0.29) is 5.56 Å². The van der Waals surface area contributed by atoms with E-state index in [1.54, 1.807) is 0 Å². The molecule has 1 aliphatic rings. The van der Waals surface area contributed by atoms with Crippen molar-refractivity contribution < 1.29 is 0 Å². The second kappa shape index (κ2) is 5.43. The highest BCUT2D eigenvalue weighted by molar-refractivity contribution is 14.1. The molecule has 0 radical (unpaired) electrons. The van der Waals surface area contributed by atoms with Gasteiger partial charge < -0.3 is 15.6 Å². The van der Waals surface area contributed by atoms with Crippen molar-refractivity contribution >= 4 is 34.1 Å². The molecule has 0 saturated heterocycles. The molecule has 0 atom stereocenters. The van der Waals surface area contributed by atoms with Crippen molar-refractivity contribution in [1.29, 1.82) is 0 Å². The number of nitrogens with one attached hydrogen (secondary N) is 1. The molecule has 1 aliphatic carbocycles. The minimum atomic E-state index is -0.0847. The van der Waals surface area contributed by atoms with Crippen LogP contribution in [0, 0.1) is 3.57 Å². The molecule has 1 aromatic carbocycles. The number of aromatic nitrogens is 2. The van der Waals surface area contributed by atoms with Gasteiger partial charge in [0, 0.05) is 18.3 Å². The summed E-state index contributed by atoms with van der Waals surface area (Å²) in [5.74, 6) is 0.772. The molecule has 5 nitrogen and oxygen atoms in total. The largest absolute Gasteiger partial charge is 0.399 e. The number of benzene rings is 1. The van der Waals surface area contributed by atoms with Crippen LogP contribution >= 0.6 is 22.6 Å². The molecule has 0 aliphatic heterocycles. The summed E-state index contributed by atoms with van der Waals surface area (Å²) in [6.45, 7) is 0.747. The average Bonchev–Trinajstić information content (AvgIpc) is 3.26. The number of rotatable bonds is 4. The highest BCUT2D eigenvalue weighted by atomic mass is 127. The normalized spacial score (nSPS) is 14.2. The number of anilines is 2. The molecule has 1 saturated carbocycles. The van der Waals surface area contributed by atoms with Crippen LogP contribution in [-0.2, 0) is 6.54 Å². The first-order valence-corrected chi connectivity index (χ1v) is 7.57. The van der Waals surface area contributed by atoms with E-state index in [0.717, 1.165) is 30.9 Å². The fourth-order valence-corrected chi connectivity index (χ4v) is 2.76. The van der Waals surface area contributed by atoms with E-state index in [4.69, 9.17) is 5.73 Å². The molecule has 6 heteroatoms. The van der Waals surface area contributed by atoms with E-state index in [9.17, 15) is 4.79 Å². The molecule has 3 rings (SSSR count). The average molecular weight is 382 g/mol. The number of aromatic amines is 1. The Hall–Kier alpha value is -1.57. The summed E-state index contributed by atoms with van der Waals surface area (Å²) >= 11 is 2.06. The third-order valence-electron chi connectivity index (χ3n) is 3.37. The molecule has 104 valence electrons. The zero-order valence-electron chi connectivity index (χ0n) is 10.8. The zero-order chi connectivity index (χ0) is 14.1. The molecule has 1 heterocycles. The van der Waals surface area contributed by atoms with Crippen LogP contribution < -0.4 is 16.2 Å². The highest BCUT2D eigenvalue weighted by Gasteiger charge is 2.31. The second-order valence-electron chi connectivity index (χ2n) is 4.97. The van der Waals surface area contributed by atoms with Gasteiger partial charge in [-0.2, -0.15) is 0 Å². The van der Waals surface area contributed by atoms with Gasteiger partial charge in [0.15, 0.2) is 0 Å². The summed E-state index contributed by atoms with van der Waals surface area (Å²) in [4.78, 5) is 20.9. The number of nitrogens with zero attached hydrogens (tertiary/aromatic N) is 2. The van der Waals surface area contributed by atoms with Crippen LogP contribution in [0.25, 0.3) is 0 Å². The van der Waals surface area contributed by atoms with Crippen LogP contribution in [0.4, 0.5) is 11.5 Å². The van der Waals surface area contributed by atoms with Gasteiger partial charge in [0.25, 0.3) is 5.56 Å². The first-order chi connectivity index (χ1) is 9.65. The maximum Gasteiger partial charge on any atom is 0.266 e. The van der Waals surface area contributed by atoms with Gasteiger partial charge >= 0.3 is 0 Å². The standard InChI is InChI=1S/C14H15IN4O/c15-12-13(17-8-18-14(12)20)19(11-5-6-11)7-9-1-3-10(16)4-2-9/h1-4,8,11H,5-7,16H2,(H,17,18,20). The van der Waals surface area contributed by atoms with Crippen molar-refractivity contribution in [3.63, 3.8) is 0 Å². The molecule has 20 heavy (non-hydrogen) atoms. The van der Waals surface area contributed by atoms with E-state index >= 15 is 0 Å². The monoisotopic (exact) mass is 382 g/mol. The topological polar surface area (TPSA) is 75.0 Å². The molecule has 0 bridgehead atoms. The lowest BCUT2D eigenvalue weighted by Gasteiger charge is -2.24. The quantitative estimate of drug-likeness (QED) is 0.628. The van der Waals surface area contributed by atoms with Gasteiger partial charge in [0.1, 0.15) is 9.39 Å². The summed E-state index contributed by atoms with van der Waals surface area (Å²) in [5, 5.41) is 0. The van der Waals surface area contributed by atoms with Crippen LogP contribution in [0.1, 0.15) is 18.4 Å². The van der Waals surface area contributed by atoms with E-state index in [0.29, 0.717) is 9.61 Å². The Morgan fingerprint density at radius 2 is 2.05 bits per heavy atom. The van der Waals surface area contributed by atoms with E-state index < -0.39 is 0 Å². The predicted octanol–water partition coefficient (Wildman–Crippen LogP) is 2.13. The van der Waals surface area contributed by atoms with Crippen LogP contribution in [0.15, 0.2) is 35.4 Å². The highest BCUT2D eigenvalue weighted by Crippen LogP contribution is 2.33. The van der Waals surface area contributed by atoms with E-state index in [1.165, 1.54) is 11.9 Å². The lowest BCUT2D eigenvalue weighted by molar-refractivity contribution is 0.769. The summed E-state index contributed by atoms with van der Waals surface area (Å²) in [7, 11) is 0. The molecule has 0 amide bonds. The Labute approximate surface area is 130 Å². The maximum atomic E-state index is 11.7. The van der Waals surface area contributed by atoms with Crippen LogP contribution in [0.3, 0.4) is 0 Å². The number of halogens is 1. The fourth-order valence-electron chi connectivity index (χ4n) is 2.16. The Morgan fingerprint density at radius 3 is 2.70 bits per heavy atom. The fraction of sp³-hybridized carbons (Fsp3) is 0.286. The van der Waals surface area contributed by atoms with Gasteiger partial charge in [-0.1, -0.05) is 12.1 Å². The molecule has 1 aromatic heterocycles. The lowest BCUT2D eigenvalue weighted by atomic mass is 10.2. The smallest absolute Gasteiger partial charge is 0.266 e. The third kappa shape index (κ3) is 2.79. The lowest BCUT2D eigenvalue weighted by Crippen LogP contribution is -2.29. The second-order valence-corrected chi connectivity index (χ2v) is 6.05. The number of nitrogen functional groups attached to an aromatic ring is 1. The maximum absolute atomic E-state index is 11.7. The van der Waals surface area contributed by atoms with Crippen LogP contribution in [0.2, 0.25) is 0 Å². The number of H-pyrrole nitrogens is 1. The minimum absolute atomic E-state index is 0.0847. The molecule has 2 aromatic rings. The Kier molecular flexibility index (Phi) is 3.64. The third-order valence-corrected chi connectivity index (χ3v) is 4.34. The van der Waals surface area contributed by atoms with Crippen molar-refractivity contribution in [2.45, 2.75) is 25.4 Å². The summed E-state index contributed by atoms with van der Waals surface area (Å²) in [6.07, 6.45) is 3.78. The van der Waals surface area contributed by atoms with Crippen LogP contribution in [-0.4, -0.2) is 16.0 Å². The van der Waals surface area contributed by atoms with Gasteiger partial charge in [0.05, 0.1) is 6.33 Å². The molecular formula is C14H15IN4O. The SMILES string of the molecule is Nc1ccc(CN(c2nc[nH]c(=O)c2I)C2CC2)cc1. The van der Waals surface area contributed by atoms with Crippen molar-refractivity contribution in [2.24, 2.45) is 0 Å². The summed E-state index contributed by atoms with van der Waals surface area (Å²) < 4.78 is 0.646. The molecule has 0 unspecified atom stereocenters.